The van der Waals surface area contributed by atoms with Crippen LogP contribution in [0.1, 0.15) is 38.6 Å². The number of nitrogens with one attached hydrogen (secondary N) is 1. The van der Waals surface area contributed by atoms with E-state index in [4.69, 9.17) is 0 Å². The molecule has 2 heterocycles. The Hall–Kier alpha value is -0.890. The first-order chi connectivity index (χ1) is 9.65. The highest BCUT2D eigenvalue weighted by atomic mass is 32.1. The van der Waals surface area contributed by atoms with Gasteiger partial charge in [-0.15, -0.1) is 10.2 Å². The normalized spacial score (nSPS) is 20.9. The fourth-order valence-electron chi connectivity index (χ4n) is 2.31. The second kappa shape index (κ2) is 6.08. The zero-order valence-electron chi connectivity index (χ0n) is 12.5. The second-order valence-electron chi connectivity index (χ2n) is 6.47. The molecule has 0 spiro atoms. The molecule has 1 unspecified atom stereocenters. The van der Waals surface area contributed by atoms with Gasteiger partial charge in [-0.2, -0.15) is 13.2 Å². The number of nitrogens with zero attached hydrogens (tertiary/aromatic N) is 3. The molecule has 8 heteroatoms. The molecule has 0 aromatic carbocycles. The molecule has 1 aromatic rings. The molecule has 120 valence electrons. The third-order valence-electron chi connectivity index (χ3n) is 3.37. The molecule has 0 radical (unpaired) electrons. The van der Waals surface area contributed by atoms with E-state index in [0.29, 0.717) is 22.4 Å². The van der Waals surface area contributed by atoms with Crippen molar-refractivity contribution in [2.24, 2.45) is 5.92 Å². The van der Waals surface area contributed by atoms with Crippen molar-refractivity contribution in [2.75, 3.05) is 24.5 Å². The average molecular weight is 322 g/mol. The van der Waals surface area contributed by atoms with Crippen molar-refractivity contribution in [3.8, 4) is 0 Å². The van der Waals surface area contributed by atoms with Crippen LogP contribution in [0.5, 0.6) is 0 Å². The van der Waals surface area contributed by atoms with Gasteiger partial charge >= 0.3 is 6.18 Å². The number of hydrogen-bond acceptors (Lipinski definition) is 5. The maximum absolute atomic E-state index is 12.6. The van der Waals surface area contributed by atoms with Crippen LogP contribution in [0.4, 0.5) is 18.3 Å². The van der Waals surface area contributed by atoms with Crippen molar-refractivity contribution in [1.29, 1.82) is 0 Å². The Labute approximate surface area is 126 Å². The number of piperidine rings is 1. The topological polar surface area (TPSA) is 41.0 Å². The van der Waals surface area contributed by atoms with E-state index in [9.17, 15) is 13.2 Å². The molecule has 1 saturated heterocycles. The van der Waals surface area contributed by atoms with Gasteiger partial charge in [0.25, 0.3) is 0 Å². The first-order valence-electron chi connectivity index (χ1n) is 7.06. The summed E-state index contributed by atoms with van der Waals surface area (Å²) in [6.07, 6.45) is -2.35. The summed E-state index contributed by atoms with van der Waals surface area (Å²) in [5, 5.41) is 9.93. The Balaban J connectivity index is 1.96. The first-order valence-corrected chi connectivity index (χ1v) is 7.87. The lowest BCUT2D eigenvalue weighted by Crippen LogP contribution is -2.44. The monoisotopic (exact) mass is 322 g/mol. The van der Waals surface area contributed by atoms with Gasteiger partial charge in [-0.1, -0.05) is 11.3 Å². The molecular formula is C13H21F3N4S. The van der Waals surface area contributed by atoms with Crippen LogP contribution in [0.3, 0.4) is 0 Å². The summed E-state index contributed by atoms with van der Waals surface area (Å²) in [6, 6.07) is 0. The minimum atomic E-state index is -4.40. The Morgan fingerprint density at radius 1 is 1.29 bits per heavy atom. The number of alkyl halides is 3. The van der Waals surface area contributed by atoms with E-state index >= 15 is 0 Å². The molecule has 0 saturated carbocycles. The molecule has 1 atom stereocenters. The molecule has 0 aliphatic carbocycles. The van der Waals surface area contributed by atoms with Gasteiger partial charge in [-0.05, 0) is 39.5 Å². The first kappa shape index (κ1) is 16.5. The molecule has 1 aromatic heterocycles. The van der Waals surface area contributed by atoms with Crippen molar-refractivity contribution in [2.45, 2.75) is 45.3 Å². The second-order valence-corrected chi connectivity index (χ2v) is 7.43. The largest absolute Gasteiger partial charge is 0.445 e. The fraction of sp³-hybridized carbons (Fsp3) is 0.846. The van der Waals surface area contributed by atoms with Gasteiger partial charge < -0.3 is 10.2 Å². The van der Waals surface area contributed by atoms with Crippen LogP contribution < -0.4 is 10.2 Å². The number of halogens is 3. The SMILES string of the molecule is CC(C)(C)NCC1CCCN(c2nnc(C(F)(F)F)s2)C1. The van der Waals surface area contributed by atoms with Crippen LogP contribution in [0, 0.1) is 5.92 Å². The van der Waals surface area contributed by atoms with E-state index in [1.165, 1.54) is 0 Å². The summed E-state index contributed by atoms with van der Waals surface area (Å²) in [6.45, 7) is 8.66. The van der Waals surface area contributed by atoms with E-state index in [-0.39, 0.29) is 5.54 Å². The van der Waals surface area contributed by atoms with E-state index < -0.39 is 11.2 Å². The lowest BCUT2D eigenvalue weighted by molar-refractivity contribution is -0.138. The van der Waals surface area contributed by atoms with Gasteiger partial charge in [-0.3, -0.25) is 0 Å². The number of hydrogen-bond donors (Lipinski definition) is 1. The van der Waals surface area contributed by atoms with Gasteiger partial charge in [-0.25, -0.2) is 0 Å². The smallest absolute Gasteiger partial charge is 0.346 e. The molecule has 1 N–H and O–H groups in total. The van der Waals surface area contributed by atoms with Crippen LogP contribution in [0.15, 0.2) is 0 Å². The molecule has 1 aliphatic rings. The predicted molar refractivity (Wildman–Crippen MR) is 77.6 cm³/mol. The quantitative estimate of drug-likeness (QED) is 0.928. The summed E-state index contributed by atoms with van der Waals surface area (Å²) in [7, 11) is 0. The Morgan fingerprint density at radius 3 is 2.57 bits per heavy atom. The standard InChI is InChI=1S/C13H21F3N4S/c1-12(2,3)17-7-9-5-4-6-20(8-9)11-19-18-10(21-11)13(14,15)16/h9,17H,4-8H2,1-3H3. The molecule has 21 heavy (non-hydrogen) atoms. The number of anilines is 1. The van der Waals surface area contributed by atoms with Gasteiger partial charge in [0, 0.05) is 25.2 Å². The van der Waals surface area contributed by atoms with Crippen LogP contribution in [-0.2, 0) is 6.18 Å². The summed E-state index contributed by atoms with van der Waals surface area (Å²) in [4.78, 5) is 1.92. The predicted octanol–water partition coefficient (Wildman–Crippen LogP) is 3.16. The highest BCUT2D eigenvalue weighted by Gasteiger charge is 2.36. The Morgan fingerprint density at radius 2 is 2.00 bits per heavy atom. The minimum absolute atomic E-state index is 0.0501. The molecule has 0 amide bonds. The molecular weight excluding hydrogens is 301 g/mol. The van der Waals surface area contributed by atoms with Gasteiger partial charge in [0.2, 0.25) is 10.1 Å². The number of aromatic nitrogens is 2. The lowest BCUT2D eigenvalue weighted by Gasteiger charge is -2.34. The van der Waals surface area contributed by atoms with E-state index in [2.05, 4.69) is 36.3 Å². The van der Waals surface area contributed by atoms with E-state index in [1.54, 1.807) is 0 Å². The van der Waals surface area contributed by atoms with Crippen molar-refractivity contribution >= 4 is 16.5 Å². The third-order valence-corrected chi connectivity index (χ3v) is 4.40. The fourth-order valence-corrected chi connectivity index (χ4v) is 3.06. The van der Waals surface area contributed by atoms with Crippen molar-refractivity contribution in [1.82, 2.24) is 15.5 Å². The average Bonchev–Trinajstić information content (AvgIpc) is 2.85. The molecule has 2 rings (SSSR count). The molecule has 0 bridgehead atoms. The summed E-state index contributed by atoms with van der Waals surface area (Å²) in [5.41, 5.74) is 0.0501. The number of rotatable bonds is 3. The Bertz CT molecular complexity index is 467. The zero-order valence-corrected chi connectivity index (χ0v) is 13.3. The third kappa shape index (κ3) is 4.81. The van der Waals surface area contributed by atoms with Crippen molar-refractivity contribution < 1.29 is 13.2 Å². The van der Waals surface area contributed by atoms with Crippen molar-refractivity contribution in [3.05, 3.63) is 5.01 Å². The van der Waals surface area contributed by atoms with E-state index in [1.807, 2.05) is 4.90 Å². The maximum Gasteiger partial charge on any atom is 0.445 e. The lowest BCUT2D eigenvalue weighted by atomic mass is 9.97. The summed E-state index contributed by atoms with van der Waals surface area (Å²) in [5.74, 6) is 0.427. The zero-order chi connectivity index (χ0) is 15.7. The van der Waals surface area contributed by atoms with Crippen LogP contribution >= 0.6 is 11.3 Å². The Kier molecular flexibility index (Phi) is 4.77. The molecule has 4 nitrogen and oxygen atoms in total. The maximum atomic E-state index is 12.6. The van der Waals surface area contributed by atoms with Crippen LogP contribution in [0.25, 0.3) is 0 Å². The highest BCUT2D eigenvalue weighted by Crippen LogP contribution is 2.35. The van der Waals surface area contributed by atoms with Gasteiger partial charge in [0.15, 0.2) is 0 Å². The van der Waals surface area contributed by atoms with Gasteiger partial charge in [0.05, 0.1) is 0 Å². The highest BCUT2D eigenvalue weighted by molar-refractivity contribution is 7.15. The molecule has 1 fully saturated rings. The van der Waals surface area contributed by atoms with Gasteiger partial charge in [0.1, 0.15) is 0 Å². The van der Waals surface area contributed by atoms with Crippen LogP contribution in [-0.4, -0.2) is 35.4 Å². The summed E-state index contributed by atoms with van der Waals surface area (Å²) < 4.78 is 37.7. The molecule has 1 aliphatic heterocycles. The summed E-state index contributed by atoms with van der Waals surface area (Å²) >= 11 is 0.630. The minimum Gasteiger partial charge on any atom is -0.346 e. The van der Waals surface area contributed by atoms with E-state index in [0.717, 1.165) is 32.5 Å². The van der Waals surface area contributed by atoms with Crippen LogP contribution in [0.2, 0.25) is 0 Å². The van der Waals surface area contributed by atoms with Crippen molar-refractivity contribution in [3.63, 3.8) is 0 Å².